The van der Waals surface area contributed by atoms with Crippen LogP contribution in [0.2, 0.25) is 0 Å². The number of furan rings is 1. The molecule has 0 radical (unpaired) electrons. The van der Waals surface area contributed by atoms with E-state index >= 15 is 0 Å². The Labute approximate surface area is 188 Å². The molecule has 0 saturated heterocycles. The van der Waals surface area contributed by atoms with Gasteiger partial charge in [-0.15, -0.1) is 0 Å². The summed E-state index contributed by atoms with van der Waals surface area (Å²) in [5, 5.41) is 24.9. The Bertz CT molecular complexity index is 814. The molecule has 0 aromatic carbocycles. The van der Waals surface area contributed by atoms with Gasteiger partial charge >= 0.3 is 0 Å². The van der Waals surface area contributed by atoms with E-state index in [-0.39, 0.29) is 40.3 Å². The highest BCUT2D eigenvalue weighted by Gasteiger charge is 2.62. The maximum Gasteiger partial charge on any atom is 0.0937 e. The summed E-state index contributed by atoms with van der Waals surface area (Å²) in [7, 11) is 2.07. The average molecular weight is 430 g/mol. The summed E-state index contributed by atoms with van der Waals surface area (Å²) in [6.07, 6.45) is 11.1. The number of rotatable bonds is 5. The van der Waals surface area contributed by atoms with Crippen molar-refractivity contribution in [1.29, 1.82) is 0 Å². The average Bonchev–Trinajstić information content (AvgIpc) is 3.33. The van der Waals surface area contributed by atoms with Crippen LogP contribution in [-0.4, -0.2) is 36.5 Å². The molecule has 4 nitrogen and oxygen atoms in total. The van der Waals surface area contributed by atoms with Gasteiger partial charge in [0.15, 0.2) is 0 Å². The largest absolute Gasteiger partial charge is 0.472 e. The highest BCUT2D eigenvalue weighted by atomic mass is 16.3. The first-order valence-electron chi connectivity index (χ1n) is 12.2. The van der Waals surface area contributed by atoms with Gasteiger partial charge in [-0.2, -0.15) is 0 Å². The highest BCUT2D eigenvalue weighted by Crippen LogP contribution is 2.69. The minimum absolute atomic E-state index is 0.0147. The minimum atomic E-state index is -0.349. The van der Waals surface area contributed by atoms with E-state index in [2.05, 4.69) is 59.1 Å². The second kappa shape index (κ2) is 7.74. The van der Waals surface area contributed by atoms with Crippen LogP contribution in [0.5, 0.6) is 0 Å². The van der Waals surface area contributed by atoms with Crippen molar-refractivity contribution < 1.29 is 14.6 Å². The zero-order valence-electron chi connectivity index (χ0n) is 20.4. The van der Waals surface area contributed by atoms with Crippen LogP contribution in [0.25, 0.3) is 0 Å². The molecule has 31 heavy (non-hydrogen) atoms. The number of aliphatic hydroxyl groups is 2. The second-order valence-corrected chi connectivity index (χ2v) is 12.0. The van der Waals surface area contributed by atoms with Crippen LogP contribution in [0.15, 0.2) is 34.7 Å². The molecule has 7 atom stereocenters. The van der Waals surface area contributed by atoms with Crippen molar-refractivity contribution in [1.82, 2.24) is 5.32 Å². The van der Waals surface area contributed by atoms with Crippen LogP contribution < -0.4 is 5.32 Å². The molecular weight excluding hydrogens is 386 g/mol. The predicted molar refractivity (Wildman–Crippen MR) is 125 cm³/mol. The van der Waals surface area contributed by atoms with E-state index in [4.69, 9.17) is 4.42 Å². The minimum Gasteiger partial charge on any atom is -0.472 e. The Hall–Kier alpha value is -1.10. The molecule has 0 spiro atoms. The van der Waals surface area contributed by atoms with Gasteiger partial charge < -0.3 is 19.9 Å². The number of hydrogen-bond acceptors (Lipinski definition) is 4. The number of aliphatic hydroxyl groups excluding tert-OH is 2. The van der Waals surface area contributed by atoms with E-state index in [1.54, 1.807) is 11.8 Å². The van der Waals surface area contributed by atoms with Crippen LogP contribution in [0.3, 0.4) is 0 Å². The molecule has 3 N–H and O–H groups in total. The van der Waals surface area contributed by atoms with E-state index in [1.807, 2.05) is 6.26 Å². The molecule has 0 aliphatic heterocycles. The molecule has 0 bridgehead atoms. The Morgan fingerprint density at radius 3 is 2.48 bits per heavy atom. The molecule has 2 fully saturated rings. The van der Waals surface area contributed by atoms with E-state index in [9.17, 15) is 10.2 Å². The maximum absolute atomic E-state index is 10.8. The van der Waals surface area contributed by atoms with Crippen molar-refractivity contribution in [3.63, 3.8) is 0 Å². The van der Waals surface area contributed by atoms with E-state index in [0.29, 0.717) is 11.8 Å². The zero-order chi connectivity index (χ0) is 22.7. The van der Waals surface area contributed by atoms with Crippen LogP contribution >= 0.6 is 0 Å². The first kappa shape index (κ1) is 23.1. The summed E-state index contributed by atoms with van der Waals surface area (Å²) in [5.74, 6) is 1.02. The third-order valence-corrected chi connectivity index (χ3v) is 10.3. The van der Waals surface area contributed by atoms with Gasteiger partial charge in [0, 0.05) is 18.6 Å². The highest BCUT2D eigenvalue weighted by molar-refractivity contribution is 5.39. The topological polar surface area (TPSA) is 65.6 Å². The van der Waals surface area contributed by atoms with Crippen molar-refractivity contribution in [2.75, 3.05) is 20.2 Å². The second-order valence-electron chi connectivity index (χ2n) is 12.0. The van der Waals surface area contributed by atoms with Crippen molar-refractivity contribution >= 4 is 0 Å². The standard InChI is InChI=1S/C27H43NO3/c1-24(2)22(15-29)26(4,13-10-23(24)30)21-9-12-25(3)19(18-11-14-31-16-18)7-8-20(25)27(21,5)17-28-6/h8,11,14,16,19,21-23,28-30H,7,9-10,12-13,15,17H2,1-6H3/t19-,21-,22-,23+,25+,26-,27+/m1/s1. The van der Waals surface area contributed by atoms with E-state index in [0.717, 1.165) is 38.6 Å². The van der Waals surface area contributed by atoms with Crippen molar-refractivity contribution in [2.45, 2.75) is 78.7 Å². The lowest BCUT2D eigenvalue weighted by Gasteiger charge is -2.63. The third kappa shape index (κ3) is 3.20. The number of fused-ring (bicyclic) bond motifs is 1. The lowest BCUT2D eigenvalue weighted by Crippen LogP contribution is -2.60. The van der Waals surface area contributed by atoms with E-state index in [1.165, 1.54) is 5.56 Å². The molecular formula is C27H43NO3. The lowest BCUT2D eigenvalue weighted by molar-refractivity contribution is -0.157. The van der Waals surface area contributed by atoms with Gasteiger partial charge in [0.2, 0.25) is 0 Å². The summed E-state index contributed by atoms with van der Waals surface area (Å²) in [6, 6.07) is 2.14. The number of allylic oxidation sites excluding steroid dienone is 1. The molecule has 2 saturated carbocycles. The van der Waals surface area contributed by atoms with Crippen LogP contribution in [0.1, 0.15) is 78.2 Å². The van der Waals surface area contributed by atoms with Gasteiger partial charge in [0.25, 0.3) is 0 Å². The molecule has 4 rings (SSSR count). The molecule has 1 aromatic heterocycles. The van der Waals surface area contributed by atoms with Gasteiger partial charge in [-0.25, -0.2) is 0 Å². The van der Waals surface area contributed by atoms with Crippen LogP contribution in [0, 0.1) is 33.5 Å². The Kier molecular flexibility index (Phi) is 5.76. The molecule has 1 aromatic rings. The summed E-state index contributed by atoms with van der Waals surface area (Å²) < 4.78 is 5.46. The zero-order valence-corrected chi connectivity index (χ0v) is 20.4. The van der Waals surface area contributed by atoms with Gasteiger partial charge in [-0.3, -0.25) is 0 Å². The SMILES string of the molecule is CNC[C@@]1(C)C2=CC[C@H](c3ccoc3)[C@]2(C)CC[C@@H]1[C@@]1(C)CC[C@H](O)C(C)(C)[C@H]1CO. The predicted octanol–water partition coefficient (Wildman–Crippen LogP) is 5.13. The van der Waals surface area contributed by atoms with Gasteiger partial charge in [0.05, 0.1) is 18.6 Å². The van der Waals surface area contributed by atoms with Crippen molar-refractivity contribution in [3.05, 3.63) is 35.8 Å². The maximum atomic E-state index is 10.8. The molecule has 4 heteroatoms. The quantitative estimate of drug-likeness (QED) is 0.568. The van der Waals surface area contributed by atoms with Gasteiger partial charge in [-0.1, -0.05) is 46.3 Å². The summed E-state index contributed by atoms with van der Waals surface area (Å²) in [4.78, 5) is 0. The molecule has 174 valence electrons. The fourth-order valence-corrected chi connectivity index (χ4v) is 8.62. The first-order chi connectivity index (χ1) is 14.6. The van der Waals surface area contributed by atoms with Crippen molar-refractivity contribution in [3.8, 4) is 0 Å². The Morgan fingerprint density at radius 1 is 1.13 bits per heavy atom. The summed E-state index contributed by atoms with van der Waals surface area (Å²) >= 11 is 0. The molecule has 3 aliphatic carbocycles. The van der Waals surface area contributed by atoms with Crippen molar-refractivity contribution in [2.24, 2.45) is 33.5 Å². The Morgan fingerprint density at radius 2 is 1.87 bits per heavy atom. The molecule has 1 heterocycles. The van der Waals surface area contributed by atoms with Crippen LogP contribution in [-0.2, 0) is 0 Å². The van der Waals surface area contributed by atoms with Crippen LogP contribution in [0.4, 0.5) is 0 Å². The first-order valence-corrected chi connectivity index (χ1v) is 12.2. The lowest BCUT2D eigenvalue weighted by atomic mass is 9.42. The third-order valence-electron chi connectivity index (χ3n) is 10.3. The van der Waals surface area contributed by atoms with E-state index < -0.39 is 0 Å². The van der Waals surface area contributed by atoms with Gasteiger partial charge in [-0.05, 0) is 84.8 Å². The fourth-order valence-electron chi connectivity index (χ4n) is 8.62. The number of hydrogen-bond donors (Lipinski definition) is 3. The summed E-state index contributed by atoms with van der Waals surface area (Å²) in [5.41, 5.74) is 2.77. The molecule has 0 amide bonds. The summed E-state index contributed by atoms with van der Waals surface area (Å²) in [6.45, 7) is 12.7. The normalized spacial score (nSPS) is 44.7. The number of nitrogens with one attached hydrogen (secondary N) is 1. The fraction of sp³-hybridized carbons (Fsp3) is 0.778. The molecule has 3 aliphatic rings. The monoisotopic (exact) mass is 429 g/mol. The van der Waals surface area contributed by atoms with Gasteiger partial charge in [0.1, 0.15) is 0 Å². The molecule has 0 unspecified atom stereocenters. The smallest absolute Gasteiger partial charge is 0.0937 e. The Balaban J connectivity index is 1.75.